The lowest BCUT2D eigenvalue weighted by atomic mass is 10.1. The molecule has 130 valence electrons. The Bertz CT molecular complexity index is 1140. The second-order valence-electron chi connectivity index (χ2n) is 5.70. The highest BCUT2D eigenvalue weighted by atomic mass is 127. The normalized spacial score (nSPS) is 12.4. The first-order valence-corrected chi connectivity index (χ1v) is 10.2. The quantitative estimate of drug-likeness (QED) is 0.257. The molecule has 2 heterocycles. The van der Waals surface area contributed by atoms with Crippen molar-refractivity contribution < 1.29 is 8.78 Å². The van der Waals surface area contributed by atoms with Crippen molar-refractivity contribution in [3.05, 3.63) is 82.2 Å². The molecule has 2 aromatic heterocycles. The molecule has 0 aliphatic carbocycles. The zero-order chi connectivity index (χ0) is 18.3. The topological polar surface area (TPSA) is 17.8 Å². The van der Waals surface area contributed by atoms with E-state index in [9.17, 15) is 8.78 Å². The lowest BCUT2D eigenvalue weighted by Crippen LogP contribution is -1.92. The first kappa shape index (κ1) is 17.4. The first-order chi connectivity index (χ1) is 12.5. The van der Waals surface area contributed by atoms with Gasteiger partial charge in [-0.3, -0.25) is 3.97 Å². The van der Waals surface area contributed by atoms with Gasteiger partial charge in [-0.05, 0) is 52.9 Å². The van der Waals surface area contributed by atoms with E-state index >= 15 is 0 Å². The molecule has 0 bridgehead atoms. The van der Waals surface area contributed by atoms with Crippen molar-refractivity contribution in [2.75, 3.05) is 0 Å². The third kappa shape index (κ3) is 3.07. The fourth-order valence-electron chi connectivity index (χ4n) is 2.77. The number of nitrogens with zero attached hydrogens (tertiary/aromatic N) is 2. The Hall–Kier alpha value is -2.06. The fraction of sp³-hybridized carbons (Fsp3) is 0. The van der Waals surface area contributed by atoms with Gasteiger partial charge in [-0.15, -0.1) is 0 Å². The highest BCUT2D eigenvalue weighted by Crippen LogP contribution is 2.35. The minimum atomic E-state index is -0.596. The van der Waals surface area contributed by atoms with Gasteiger partial charge in [0.1, 0.15) is 11.6 Å². The summed E-state index contributed by atoms with van der Waals surface area (Å²) in [5.41, 5.74) is 1.75. The van der Waals surface area contributed by atoms with Crippen LogP contribution in [0, 0.1) is 15.2 Å². The van der Waals surface area contributed by atoms with E-state index in [1.54, 1.807) is 6.20 Å². The summed E-state index contributed by atoms with van der Waals surface area (Å²) in [6.07, 6.45) is 3.62. The molecule has 4 rings (SSSR count). The Kier molecular flexibility index (Phi) is 4.62. The largest absolute Gasteiger partial charge is 0.276 e. The van der Waals surface area contributed by atoms with Crippen LogP contribution in [0.1, 0.15) is 0 Å². The highest BCUT2D eigenvalue weighted by Gasteiger charge is 2.14. The van der Waals surface area contributed by atoms with E-state index in [2.05, 4.69) is 33.4 Å². The Morgan fingerprint density at radius 2 is 1.81 bits per heavy atom. The first-order valence-electron chi connectivity index (χ1n) is 7.76. The third-order valence-electron chi connectivity index (χ3n) is 4.06. The lowest BCUT2D eigenvalue weighted by molar-refractivity contribution is 0.585. The molecule has 2 aromatic carbocycles. The number of halogens is 3. The molecule has 6 heteroatoms. The predicted octanol–water partition coefficient (Wildman–Crippen LogP) is 6.11. The van der Waals surface area contributed by atoms with Crippen molar-refractivity contribution in [2.24, 2.45) is 0 Å². The van der Waals surface area contributed by atoms with Crippen LogP contribution in [-0.4, -0.2) is 14.8 Å². The maximum atomic E-state index is 14.1. The zero-order valence-corrected chi connectivity index (χ0v) is 16.5. The minimum Gasteiger partial charge on any atom is -0.276 e. The van der Waals surface area contributed by atoms with E-state index < -0.39 is 22.3 Å². The number of fused-ring (bicyclic) bond motifs is 1. The number of rotatable bonds is 3. The van der Waals surface area contributed by atoms with E-state index in [1.807, 2.05) is 46.6 Å². The van der Waals surface area contributed by atoms with Gasteiger partial charge < -0.3 is 0 Å². The van der Waals surface area contributed by atoms with Gasteiger partial charge in [0.25, 0.3) is 0 Å². The molecule has 2 nitrogen and oxygen atoms in total. The Morgan fingerprint density at radius 3 is 2.54 bits per heavy atom. The molecule has 0 spiro atoms. The number of benzene rings is 2. The van der Waals surface area contributed by atoms with Gasteiger partial charge in [-0.2, -0.15) is 0 Å². The lowest BCUT2D eigenvalue weighted by Gasteiger charge is -2.10. The Labute approximate surface area is 165 Å². The Morgan fingerprint density at radius 1 is 1.04 bits per heavy atom. The average Bonchev–Trinajstić information content (AvgIpc) is 2.98. The van der Waals surface area contributed by atoms with Gasteiger partial charge in [0.2, 0.25) is 0 Å². The highest BCUT2D eigenvalue weighted by molar-refractivity contribution is 14.1. The van der Waals surface area contributed by atoms with Gasteiger partial charge in [0, 0.05) is 43.4 Å². The summed E-state index contributed by atoms with van der Waals surface area (Å²) in [4.78, 5) is 5.66. The second-order valence-corrected chi connectivity index (χ2v) is 8.46. The van der Waals surface area contributed by atoms with E-state index in [0.717, 1.165) is 25.6 Å². The molecule has 0 aliphatic rings. The van der Waals surface area contributed by atoms with Crippen molar-refractivity contribution in [3.63, 3.8) is 0 Å². The number of hydrogen-bond donors (Lipinski definition) is 0. The van der Waals surface area contributed by atoms with Crippen molar-refractivity contribution in [1.82, 2.24) is 8.96 Å². The maximum Gasteiger partial charge on any atom is 0.150 e. The summed E-state index contributed by atoms with van der Waals surface area (Å²) in [7, 11) is -0.433. The van der Waals surface area contributed by atoms with Crippen LogP contribution in [0.4, 0.5) is 8.78 Å². The van der Waals surface area contributed by atoms with E-state index in [-0.39, 0.29) is 0 Å². The van der Waals surface area contributed by atoms with Crippen molar-refractivity contribution in [3.8, 4) is 11.1 Å². The molecule has 1 unspecified atom stereocenters. The summed E-state index contributed by atoms with van der Waals surface area (Å²) in [6, 6.07) is 15.5. The molecule has 0 N–H and O–H groups in total. The maximum absolute atomic E-state index is 14.1. The molecule has 1 atom stereocenters. The van der Waals surface area contributed by atoms with Crippen LogP contribution in [0.5, 0.6) is 0 Å². The second kappa shape index (κ2) is 6.92. The van der Waals surface area contributed by atoms with Gasteiger partial charge in [-0.1, -0.05) is 34.7 Å². The fourth-order valence-corrected chi connectivity index (χ4v) is 4.92. The number of pyridine rings is 1. The summed E-state index contributed by atoms with van der Waals surface area (Å²) in [6.45, 7) is 0. The molecular formula is C20H13F2IN2S. The summed E-state index contributed by atoms with van der Waals surface area (Å²) in [5.74, 6) is 3.10. The van der Waals surface area contributed by atoms with Crippen molar-refractivity contribution in [2.45, 2.75) is 4.90 Å². The molecule has 0 aliphatic heterocycles. The van der Waals surface area contributed by atoms with Crippen LogP contribution in [0.2, 0.25) is 0 Å². The van der Waals surface area contributed by atoms with E-state index in [0.29, 0.717) is 11.1 Å². The van der Waals surface area contributed by atoms with Gasteiger partial charge in [-0.25, -0.2) is 13.8 Å². The standard InChI is InChI=1S/C20H13F2IN2S/c1-26(15-5-3-2-4-6-15)25-12-19(23)17-9-13(11-24-20(17)25)16-8-7-14(21)10-18(16)22/h2-12H,1H2. The molecule has 26 heavy (non-hydrogen) atoms. The number of hydrogen-bond acceptors (Lipinski definition) is 1. The summed E-state index contributed by atoms with van der Waals surface area (Å²) in [5, 5.41) is 0.920. The van der Waals surface area contributed by atoms with E-state index in [4.69, 9.17) is 0 Å². The van der Waals surface area contributed by atoms with Crippen molar-refractivity contribution >= 4 is 50.2 Å². The molecular weight excluding hydrogens is 465 g/mol. The van der Waals surface area contributed by atoms with Crippen molar-refractivity contribution in [1.29, 1.82) is 0 Å². The van der Waals surface area contributed by atoms with Crippen LogP contribution >= 0.6 is 33.3 Å². The summed E-state index contributed by atoms with van der Waals surface area (Å²) < 4.78 is 30.3. The zero-order valence-electron chi connectivity index (χ0n) is 13.5. The van der Waals surface area contributed by atoms with Crippen LogP contribution in [0.3, 0.4) is 0 Å². The van der Waals surface area contributed by atoms with Gasteiger partial charge >= 0.3 is 0 Å². The molecule has 0 fully saturated rings. The molecule has 0 saturated carbocycles. The minimum absolute atomic E-state index is 0.334. The Balaban J connectivity index is 1.84. The molecule has 4 aromatic rings. The van der Waals surface area contributed by atoms with Crippen LogP contribution in [0.15, 0.2) is 71.9 Å². The van der Waals surface area contributed by atoms with Crippen LogP contribution in [0.25, 0.3) is 22.2 Å². The predicted molar refractivity (Wildman–Crippen MR) is 113 cm³/mol. The van der Waals surface area contributed by atoms with Crippen LogP contribution < -0.4 is 0 Å². The average molecular weight is 478 g/mol. The summed E-state index contributed by atoms with van der Waals surface area (Å²) >= 11 is 2.24. The van der Waals surface area contributed by atoms with E-state index in [1.165, 1.54) is 12.1 Å². The monoisotopic (exact) mass is 478 g/mol. The third-order valence-corrected chi connectivity index (χ3v) is 6.49. The molecule has 0 amide bonds. The SMILES string of the molecule is C=S(c1ccccc1)n1cc(I)c2cc(-c3ccc(F)cc3F)cnc21. The molecule has 0 saturated heterocycles. The van der Waals surface area contributed by atoms with Gasteiger partial charge in [0.15, 0.2) is 5.65 Å². The van der Waals surface area contributed by atoms with Gasteiger partial charge in [0.05, 0.1) is 0 Å². The number of aromatic nitrogens is 2. The molecule has 0 radical (unpaired) electrons. The smallest absolute Gasteiger partial charge is 0.150 e. The van der Waals surface area contributed by atoms with Crippen LogP contribution in [-0.2, 0) is 0 Å².